The van der Waals surface area contributed by atoms with Crippen LogP contribution in [0.2, 0.25) is 0 Å². The molecule has 0 saturated carbocycles. The third kappa shape index (κ3) is 3.10. The summed E-state index contributed by atoms with van der Waals surface area (Å²) in [6.07, 6.45) is 1.62. The summed E-state index contributed by atoms with van der Waals surface area (Å²) in [7, 11) is 1.54. The average molecular weight is 337 g/mol. The number of carbonyl (C=O) groups excluding carboxylic acids is 2. The van der Waals surface area contributed by atoms with E-state index in [0.29, 0.717) is 23.7 Å². The van der Waals surface area contributed by atoms with Crippen LogP contribution in [0.3, 0.4) is 0 Å². The van der Waals surface area contributed by atoms with Gasteiger partial charge in [-0.05, 0) is 24.6 Å². The van der Waals surface area contributed by atoms with Crippen LogP contribution in [0.1, 0.15) is 28.4 Å². The SMILES string of the molecule is C=C1c2ccccc2C(=O)N1[C@H](C)C(=O)NCc1ccnc(OC)c1. The van der Waals surface area contributed by atoms with Crippen LogP contribution in [-0.2, 0) is 11.3 Å². The highest BCUT2D eigenvalue weighted by Gasteiger charge is 2.36. The Morgan fingerprint density at radius 1 is 1.32 bits per heavy atom. The lowest BCUT2D eigenvalue weighted by Gasteiger charge is -2.24. The number of nitrogens with one attached hydrogen (secondary N) is 1. The number of aromatic nitrogens is 1. The first-order valence-electron chi connectivity index (χ1n) is 7.91. The summed E-state index contributed by atoms with van der Waals surface area (Å²) < 4.78 is 5.07. The lowest BCUT2D eigenvalue weighted by atomic mass is 10.1. The van der Waals surface area contributed by atoms with Crippen molar-refractivity contribution in [1.82, 2.24) is 15.2 Å². The standard InChI is InChI=1S/C19H19N3O3/c1-12-15-6-4-5-7-16(15)19(24)22(12)13(2)18(23)21-11-14-8-9-20-17(10-14)25-3/h4-10,13H,1,11H2,2-3H3,(H,21,23)/t13-/m1/s1. The van der Waals surface area contributed by atoms with E-state index in [1.807, 2.05) is 12.1 Å². The summed E-state index contributed by atoms with van der Waals surface area (Å²) in [5, 5.41) is 2.84. The molecule has 1 N–H and O–H groups in total. The van der Waals surface area contributed by atoms with Gasteiger partial charge in [-0.2, -0.15) is 0 Å². The second-order valence-electron chi connectivity index (χ2n) is 5.77. The monoisotopic (exact) mass is 337 g/mol. The Bertz CT molecular complexity index is 812. The molecule has 0 radical (unpaired) electrons. The van der Waals surface area contributed by atoms with Crippen LogP contribution in [0.4, 0.5) is 0 Å². The Morgan fingerprint density at radius 3 is 2.72 bits per heavy atom. The van der Waals surface area contributed by atoms with Gasteiger partial charge in [0.15, 0.2) is 0 Å². The lowest BCUT2D eigenvalue weighted by Crippen LogP contribution is -2.44. The number of amides is 2. The van der Waals surface area contributed by atoms with Gasteiger partial charge in [0.05, 0.1) is 7.11 Å². The summed E-state index contributed by atoms with van der Waals surface area (Å²) in [5.74, 6) is 0.0326. The van der Waals surface area contributed by atoms with Gasteiger partial charge in [0.25, 0.3) is 5.91 Å². The molecule has 1 aliphatic rings. The maximum absolute atomic E-state index is 12.6. The molecule has 1 atom stereocenters. The summed E-state index contributed by atoms with van der Waals surface area (Å²) in [5.41, 5.74) is 2.76. The average Bonchev–Trinajstić information content (AvgIpc) is 2.90. The van der Waals surface area contributed by atoms with E-state index in [0.717, 1.165) is 11.1 Å². The molecule has 2 amide bonds. The van der Waals surface area contributed by atoms with E-state index in [2.05, 4.69) is 16.9 Å². The number of hydrogen-bond acceptors (Lipinski definition) is 4. The van der Waals surface area contributed by atoms with E-state index >= 15 is 0 Å². The zero-order valence-electron chi connectivity index (χ0n) is 14.2. The molecule has 0 aliphatic carbocycles. The van der Waals surface area contributed by atoms with Crippen molar-refractivity contribution in [2.45, 2.75) is 19.5 Å². The zero-order chi connectivity index (χ0) is 18.0. The van der Waals surface area contributed by atoms with Gasteiger partial charge in [-0.25, -0.2) is 4.98 Å². The van der Waals surface area contributed by atoms with E-state index < -0.39 is 6.04 Å². The van der Waals surface area contributed by atoms with Crippen molar-refractivity contribution in [3.63, 3.8) is 0 Å². The van der Waals surface area contributed by atoms with Crippen molar-refractivity contribution in [3.05, 3.63) is 65.9 Å². The van der Waals surface area contributed by atoms with Crippen LogP contribution in [0, 0.1) is 0 Å². The van der Waals surface area contributed by atoms with Crippen LogP contribution in [-0.4, -0.2) is 34.8 Å². The molecule has 0 bridgehead atoms. The second kappa shape index (κ2) is 6.76. The molecule has 6 heteroatoms. The number of fused-ring (bicyclic) bond motifs is 1. The van der Waals surface area contributed by atoms with Gasteiger partial charge in [0.2, 0.25) is 11.8 Å². The molecule has 1 aromatic heterocycles. The van der Waals surface area contributed by atoms with Crippen LogP contribution in [0.15, 0.2) is 49.2 Å². The van der Waals surface area contributed by atoms with Gasteiger partial charge in [0.1, 0.15) is 6.04 Å². The highest BCUT2D eigenvalue weighted by molar-refractivity contribution is 6.10. The molecule has 0 spiro atoms. The Morgan fingerprint density at radius 2 is 2.04 bits per heavy atom. The van der Waals surface area contributed by atoms with Gasteiger partial charge in [-0.15, -0.1) is 0 Å². The van der Waals surface area contributed by atoms with Crippen molar-refractivity contribution in [2.75, 3.05) is 7.11 Å². The number of ether oxygens (including phenoxy) is 1. The third-order valence-electron chi connectivity index (χ3n) is 4.22. The van der Waals surface area contributed by atoms with Crippen molar-refractivity contribution >= 4 is 17.5 Å². The lowest BCUT2D eigenvalue weighted by molar-refractivity contribution is -0.124. The maximum atomic E-state index is 12.6. The summed E-state index contributed by atoms with van der Waals surface area (Å²) in [6, 6.07) is 10.1. The number of rotatable bonds is 5. The minimum atomic E-state index is -0.656. The first kappa shape index (κ1) is 16.7. The largest absolute Gasteiger partial charge is 0.481 e. The Kier molecular flexibility index (Phi) is 4.52. The predicted molar refractivity (Wildman–Crippen MR) is 93.7 cm³/mol. The van der Waals surface area contributed by atoms with E-state index in [1.165, 1.54) is 12.0 Å². The summed E-state index contributed by atoms with van der Waals surface area (Å²) >= 11 is 0. The summed E-state index contributed by atoms with van der Waals surface area (Å²) in [4.78, 5) is 30.5. The van der Waals surface area contributed by atoms with E-state index in [1.54, 1.807) is 37.4 Å². The van der Waals surface area contributed by atoms with Crippen molar-refractivity contribution in [1.29, 1.82) is 0 Å². The molecule has 128 valence electrons. The molecular weight excluding hydrogens is 318 g/mol. The number of nitrogens with zero attached hydrogens (tertiary/aromatic N) is 2. The van der Waals surface area contributed by atoms with Crippen molar-refractivity contribution in [3.8, 4) is 5.88 Å². The summed E-state index contributed by atoms with van der Waals surface area (Å²) in [6.45, 7) is 5.99. The quantitative estimate of drug-likeness (QED) is 0.908. The highest BCUT2D eigenvalue weighted by atomic mass is 16.5. The predicted octanol–water partition coefficient (Wildman–Crippen LogP) is 2.22. The van der Waals surface area contributed by atoms with Crippen LogP contribution < -0.4 is 10.1 Å². The molecule has 3 rings (SSSR count). The molecule has 0 unspecified atom stereocenters. The fourth-order valence-corrected chi connectivity index (χ4v) is 2.84. The van der Waals surface area contributed by atoms with Crippen LogP contribution >= 0.6 is 0 Å². The van der Waals surface area contributed by atoms with Crippen LogP contribution in [0.25, 0.3) is 5.70 Å². The fraction of sp³-hybridized carbons (Fsp3) is 0.211. The molecule has 0 fully saturated rings. The molecule has 0 saturated heterocycles. The number of pyridine rings is 1. The Balaban J connectivity index is 1.69. The van der Waals surface area contributed by atoms with Gasteiger partial charge < -0.3 is 10.1 Å². The van der Waals surface area contributed by atoms with Gasteiger partial charge in [-0.3, -0.25) is 14.5 Å². The van der Waals surface area contributed by atoms with E-state index in [4.69, 9.17) is 4.74 Å². The molecule has 2 heterocycles. The minimum absolute atomic E-state index is 0.200. The third-order valence-corrected chi connectivity index (χ3v) is 4.22. The topological polar surface area (TPSA) is 71.5 Å². The second-order valence-corrected chi connectivity index (χ2v) is 5.77. The zero-order valence-corrected chi connectivity index (χ0v) is 14.2. The molecule has 6 nitrogen and oxygen atoms in total. The molecule has 1 aliphatic heterocycles. The highest BCUT2D eigenvalue weighted by Crippen LogP contribution is 2.32. The first-order chi connectivity index (χ1) is 12.0. The molecule has 25 heavy (non-hydrogen) atoms. The number of benzene rings is 1. The maximum Gasteiger partial charge on any atom is 0.259 e. The molecule has 2 aromatic rings. The van der Waals surface area contributed by atoms with Gasteiger partial charge in [-0.1, -0.05) is 24.8 Å². The number of carbonyl (C=O) groups is 2. The molecule has 1 aromatic carbocycles. The smallest absolute Gasteiger partial charge is 0.259 e. The Labute approximate surface area is 146 Å². The van der Waals surface area contributed by atoms with Gasteiger partial charge >= 0.3 is 0 Å². The first-order valence-corrected chi connectivity index (χ1v) is 7.91. The van der Waals surface area contributed by atoms with Crippen molar-refractivity contribution in [2.24, 2.45) is 0 Å². The molecular formula is C19H19N3O3. The van der Waals surface area contributed by atoms with E-state index in [-0.39, 0.29) is 11.8 Å². The Hall–Kier alpha value is -3.15. The normalized spacial score (nSPS) is 14.2. The van der Waals surface area contributed by atoms with Crippen LogP contribution in [0.5, 0.6) is 5.88 Å². The fourth-order valence-electron chi connectivity index (χ4n) is 2.84. The minimum Gasteiger partial charge on any atom is -0.481 e. The van der Waals surface area contributed by atoms with Crippen molar-refractivity contribution < 1.29 is 14.3 Å². The van der Waals surface area contributed by atoms with Gasteiger partial charge in [0, 0.05) is 35.6 Å². The number of methoxy groups -OCH3 is 1. The van der Waals surface area contributed by atoms with E-state index in [9.17, 15) is 9.59 Å². The number of hydrogen-bond donors (Lipinski definition) is 1.